The standard InChI is InChI=1S/C27H29N3O4/c1-4-5-21-7-9-23(10-8-21)32-17-24-11-13-26(34-24)27(31)29-22-15-28-30(16-22)18-33-25-12-6-19(2)14-20(25)3/h6-16H,4-5,17-18H2,1-3H3,(H,29,31). The number of nitrogens with zero attached hydrogens (tertiary/aromatic N) is 2. The summed E-state index contributed by atoms with van der Waals surface area (Å²) in [4.78, 5) is 12.6. The van der Waals surface area contributed by atoms with Gasteiger partial charge in [-0.2, -0.15) is 5.10 Å². The summed E-state index contributed by atoms with van der Waals surface area (Å²) in [6.45, 7) is 6.68. The first-order chi connectivity index (χ1) is 16.5. The minimum atomic E-state index is -0.356. The molecule has 0 aliphatic heterocycles. The zero-order chi connectivity index (χ0) is 23.9. The molecule has 0 unspecified atom stereocenters. The summed E-state index contributed by atoms with van der Waals surface area (Å²) in [5.41, 5.74) is 4.08. The SMILES string of the molecule is CCCc1ccc(OCc2ccc(C(=O)Nc3cnn(COc4ccc(C)cc4C)c3)o2)cc1. The number of anilines is 1. The molecule has 2 aromatic heterocycles. The molecule has 2 aromatic carbocycles. The van der Waals surface area contributed by atoms with Crippen molar-refractivity contribution in [3.8, 4) is 11.5 Å². The lowest BCUT2D eigenvalue weighted by Gasteiger charge is -2.09. The molecule has 0 spiro atoms. The molecule has 1 amide bonds. The average Bonchev–Trinajstić information content (AvgIpc) is 3.48. The van der Waals surface area contributed by atoms with E-state index in [1.807, 2.05) is 38.1 Å². The normalized spacial score (nSPS) is 10.8. The summed E-state index contributed by atoms with van der Waals surface area (Å²) >= 11 is 0. The van der Waals surface area contributed by atoms with Gasteiger partial charge in [0.05, 0.1) is 18.1 Å². The Morgan fingerprint density at radius 3 is 2.65 bits per heavy atom. The summed E-state index contributed by atoms with van der Waals surface area (Å²) in [6, 6.07) is 17.4. The van der Waals surface area contributed by atoms with Gasteiger partial charge >= 0.3 is 0 Å². The maximum Gasteiger partial charge on any atom is 0.291 e. The third kappa shape index (κ3) is 6.07. The molecule has 1 N–H and O–H groups in total. The second-order valence-corrected chi connectivity index (χ2v) is 8.21. The lowest BCUT2D eigenvalue weighted by molar-refractivity contribution is 0.0992. The van der Waals surface area contributed by atoms with Crippen LogP contribution < -0.4 is 14.8 Å². The molecular weight excluding hydrogens is 430 g/mol. The van der Waals surface area contributed by atoms with Crippen LogP contribution in [0.3, 0.4) is 0 Å². The lowest BCUT2D eigenvalue weighted by Crippen LogP contribution is -2.10. The molecule has 0 bridgehead atoms. The topological polar surface area (TPSA) is 78.5 Å². The smallest absolute Gasteiger partial charge is 0.291 e. The van der Waals surface area contributed by atoms with E-state index in [1.165, 1.54) is 11.1 Å². The third-order valence-electron chi connectivity index (χ3n) is 5.30. The second-order valence-electron chi connectivity index (χ2n) is 8.21. The zero-order valence-electron chi connectivity index (χ0n) is 19.7. The van der Waals surface area contributed by atoms with Gasteiger partial charge in [-0.05, 0) is 61.7 Å². The quantitative estimate of drug-likeness (QED) is 0.319. The molecule has 4 aromatic rings. The number of hydrogen-bond acceptors (Lipinski definition) is 5. The van der Waals surface area contributed by atoms with Crippen LogP contribution in [-0.4, -0.2) is 15.7 Å². The molecule has 7 heteroatoms. The van der Waals surface area contributed by atoms with Crippen LogP contribution in [0, 0.1) is 13.8 Å². The summed E-state index contributed by atoms with van der Waals surface area (Å²) in [6.07, 6.45) is 5.43. The number of aromatic nitrogens is 2. The molecule has 4 rings (SSSR count). The maximum absolute atomic E-state index is 12.6. The van der Waals surface area contributed by atoms with E-state index in [4.69, 9.17) is 13.9 Å². The molecule has 0 saturated heterocycles. The second kappa shape index (κ2) is 10.7. The minimum absolute atomic E-state index is 0.205. The molecule has 0 atom stereocenters. The van der Waals surface area contributed by atoms with Gasteiger partial charge in [-0.1, -0.05) is 43.2 Å². The summed E-state index contributed by atoms with van der Waals surface area (Å²) < 4.78 is 18.8. The van der Waals surface area contributed by atoms with Gasteiger partial charge in [-0.3, -0.25) is 4.79 Å². The molecule has 0 fully saturated rings. The lowest BCUT2D eigenvalue weighted by atomic mass is 10.1. The van der Waals surface area contributed by atoms with Crippen molar-refractivity contribution in [3.63, 3.8) is 0 Å². The highest BCUT2D eigenvalue weighted by atomic mass is 16.5. The van der Waals surface area contributed by atoms with Crippen molar-refractivity contribution < 1.29 is 18.7 Å². The highest BCUT2D eigenvalue weighted by Gasteiger charge is 2.13. The molecule has 0 aliphatic carbocycles. The first-order valence-corrected chi connectivity index (χ1v) is 11.3. The van der Waals surface area contributed by atoms with Crippen molar-refractivity contribution in [1.29, 1.82) is 0 Å². The minimum Gasteiger partial charge on any atom is -0.486 e. The van der Waals surface area contributed by atoms with Crippen molar-refractivity contribution >= 4 is 11.6 Å². The predicted molar refractivity (Wildman–Crippen MR) is 130 cm³/mol. The van der Waals surface area contributed by atoms with E-state index in [-0.39, 0.29) is 25.0 Å². The van der Waals surface area contributed by atoms with E-state index in [0.29, 0.717) is 11.4 Å². The number of carbonyl (C=O) groups is 1. The summed E-state index contributed by atoms with van der Waals surface area (Å²) in [5, 5.41) is 7.03. The van der Waals surface area contributed by atoms with Crippen LogP contribution in [0.5, 0.6) is 11.5 Å². The van der Waals surface area contributed by atoms with E-state index in [1.54, 1.807) is 29.2 Å². The number of rotatable bonds is 10. The van der Waals surface area contributed by atoms with Gasteiger partial charge in [0.1, 0.15) is 23.9 Å². The van der Waals surface area contributed by atoms with Gasteiger partial charge in [-0.15, -0.1) is 0 Å². The number of hydrogen-bond donors (Lipinski definition) is 1. The van der Waals surface area contributed by atoms with Crippen LogP contribution >= 0.6 is 0 Å². The highest BCUT2D eigenvalue weighted by Crippen LogP contribution is 2.20. The molecule has 0 saturated carbocycles. The van der Waals surface area contributed by atoms with Gasteiger partial charge in [0.2, 0.25) is 0 Å². The van der Waals surface area contributed by atoms with E-state index < -0.39 is 0 Å². The number of ether oxygens (including phenoxy) is 2. The van der Waals surface area contributed by atoms with Gasteiger partial charge < -0.3 is 19.2 Å². The summed E-state index contributed by atoms with van der Waals surface area (Å²) in [7, 11) is 0. The average molecular weight is 460 g/mol. The Labute approximate surface area is 199 Å². The molecule has 7 nitrogen and oxygen atoms in total. The van der Waals surface area contributed by atoms with Crippen LogP contribution in [0.25, 0.3) is 0 Å². The van der Waals surface area contributed by atoms with Gasteiger partial charge in [0.15, 0.2) is 12.5 Å². The largest absolute Gasteiger partial charge is 0.486 e. The van der Waals surface area contributed by atoms with Crippen molar-refractivity contribution in [3.05, 3.63) is 95.2 Å². The Morgan fingerprint density at radius 2 is 1.88 bits per heavy atom. The molecule has 34 heavy (non-hydrogen) atoms. The molecule has 0 aliphatic rings. The van der Waals surface area contributed by atoms with Crippen LogP contribution in [0.15, 0.2) is 71.4 Å². The number of aryl methyl sites for hydroxylation is 3. The van der Waals surface area contributed by atoms with Crippen LogP contribution in [0.4, 0.5) is 5.69 Å². The predicted octanol–water partition coefficient (Wildman–Crippen LogP) is 5.91. The Morgan fingerprint density at radius 1 is 1.06 bits per heavy atom. The van der Waals surface area contributed by atoms with E-state index in [0.717, 1.165) is 29.9 Å². The van der Waals surface area contributed by atoms with Crippen molar-refractivity contribution in [2.24, 2.45) is 0 Å². The van der Waals surface area contributed by atoms with Gasteiger partial charge in [0, 0.05) is 0 Å². The Balaban J connectivity index is 1.27. The Hall–Kier alpha value is -4.00. The first kappa shape index (κ1) is 23.2. The molecular formula is C27H29N3O4. The number of furan rings is 1. The molecule has 2 heterocycles. The van der Waals surface area contributed by atoms with Crippen LogP contribution in [0.1, 0.15) is 46.3 Å². The van der Waals surface area contributed by atoms with Crippen molar-refractivity contribution in [2.45, 2.75) is 47.0 Å². The van der Waals surface area contributed by atoms with Gasteiger partial charge in [-0.25, -0.2) is 4.68 Å². The van der Waals surface area contributed by atoms with Gasteiger partial charge in [0.25, 0.3) is 5.91 Å². The van der Waals surface area contributed by atoms with Crippen molar-refractivity contribution in [2.75, 3.05) is 5.32 Å². The van der Waals surface area contributed by atoms with Crippen molar-refractivity contribution in [1.82, 2.24) is 9.78 Å². The number of amides is 1. The number of nitrogens with one attached hydrogen (secondary N) is 1. The number of benzene rings is 2. The van der Waals surface area contributed by atoms with Crippen LogP contribution in [0.2, 0.25) is 0 Å². The Bertz CT molecular complexity index is 1240. The fourth-order valence-corrected chi connectivity index (χ4v) is 3.56. The highest BCUT2D eigenvalue weighted by molar-refractivity contribution is 6.02. The molecule has 176 valence electrons. The van der Waals surface area contributed by atoms with E-state index in [2.05, 4.69) is 35.5 Å². The van der Waals surface area contributed by atoms with E-state index in [9.17, 15) is 4.79 Å². The fraction of sp³-hybridized carbons (Fsp3) is 0.259. The Kier molecular flexibility index (Phi) is 7.32. The fourth-order valence-electron chi connectivity index (χ4n) is 3.56. The maximum atomic E-state index is 12.6. The zero-order valence-corrected chi connectivity index (χ0v) is 19.7. The first-order valence-electron chi connectivity index (χ1n) is 11.3. The monoisotopic (exact) mass is 459 g/mol. The number of carbonyl (C=O) groups excluding carboxylic acids is 1. The van der Waals surface area contributed by atoms with E-state index >= 15 is 0 Å². The summed E-state index contributed by atoms with van der Waals surface area (Å²) in [5.74, 6) is 1.98. The van der Waals surface area contributed by atoms with Crippen LogP contribution in [-0.2, 0) is 19.8 Å². The third-order valence-corrected chi connectivity index (χ3v) is 5.30. The molecule has 0 radical (unpaired) electrons.